The molecular formula is C25H31N5O4. The summed E-state index contributed by atoms with van der Waals surface area (Å²) in [5.41, 5.74) is 4.24. The molecule has 34 heavy (non-hydrogen) atoms. The molecule has 1 unspecified atom stereocenters. The van der Waals surface area contributed by atoms with Crippen LogP contribution in [-0.2, 0) is 33.3 Å². The Labute approximate surface area is 199 Å². The number of pyridine rings is 2. The summed E-state index contributed by atoms with van der Waals surface area (Å²) in [7, 11) is 6.11. The highest BCUT2D eigenvalue weighted by molar-refractivity contribution is 5.97. The van der Waals surface area contributed by atoms with Gasteiger partial charge in [0, 0.05) is 61.8 Å². The molecule has 2 aliphatic heterocycles. The van der Waals surface area contributed by atoms with E-state index < -0.39 is 5.60 Å². The lowest BCUT2D eigenvalue weighted by molar-refractivity contribution is -0.105. The van der Waals surface area contributed by atoms with Crippen molar-refractivity contribution in [3.05, 3.63) is 35.8 Å². The molecule has 9 nitrogen and oxygen atoms in total. The summed E-state index contributed by atoms with van der Waals surface area (Å²) in [6.07, 6.45) is 6.92. The van der Waals surface area contributed by atoms with Crippen molar-refractivity contribution in [2.45, 2.75) is 24.9 Å². The summed E-state index contributed by atoms with van der Waals surface area (Å²) in [5.74, 6) is 1.36. The average molecular weight is 466 g/mol. The minimum Gasteiger partial charge on any atom is -0.493 e. The van der Waals surface area contributed by atoms with Crippen LogP contribution >= 0.6 is 0 Å². The van der Waals surface area contributed by atoms with Gasteiger partial charge in [0.05, 0.1) is 42.9 Å². The Morgan fingerprint density at radius 1 is 1.32 bits per heavy atom. The molecule has 9 heteroatoms. The van der Waals surface area contributed by atoms with Crippen molar-refractivity contribution in [2.24, 2.45) is 7.05 Å². The normalized spacial score (nSPS) is 19.6. The van der Waals surface area contributed by atoms with Crippen LogP contribution < -0.4 is 10.1 Å². The van der Waals surface area contributed by atoms with E-state index in [1.807, 2.05) is 29.9 Å². The number of hydrogen-bond donors (Lipinski definition) is 1. The van der Waals surface area contributed by atoms with Crippen LogP contribution in [-0.4, -0.2) is 72.9 Å². The first kappa shape index (κ1) is 22.8. The molecule has 1 fully saturated rings. The molecule has 1 atom stereocenters. The van der Waals surface area contributed by atoms with Crippen LogP contribution in [0.3, 0.4) is 0 Å². The number of fused-ring (bicyclic) bond motifs is 3. The average Bonchev–Trinajstić information content (AvgIpc) is 3.42. The van der Waals surface area contributed by atoms with Crippen LogP contribution in [0.1, 0.15) is 24.1 Å². The van der Waals surface area contributed by atoms with Gasteiger partial charge in [0.2, 0.25) is 6.41 Å². The Kier molecular flexibility index (Phi) is 6.24. The van der Waals surface area contributed by atoms with E-state index in [0.717, 1.165) is 65.0 Å². The Bertz CT molecular complexity index is 1200. The quantitative estimate of drug-likeness (QED) is 0.404. The van der Waals surface area contributed by atoms with E-state index in [9.17, 15) is 4.79 Å². The number of nitrogens with one attached hydrogen (secondary N) is 1. The minimum atomic E-state index is -0.526. The highest BCUT2D eigenvalue weighted by atomic mass is 16.6. The van der Waals surface area contributed by atoms with Gasteiger partial charge < -0.3 is 29.0 Å². The second-order valence-electron chi connectivity index (χ2n) is 9.24. The lowest BCUT2D eigenvalue weighted by atomic mass is 9.89. The fourth-order valence-electron chi connectivity index (χ4n) is 4.88. The van der Waals surface area contributed by atoms with Crippen molar-refractivity contribution >= 4 is 23.1 Å². The Morgan fingerprint density at radius 2 is 2.21 bits per heavy atom. The monoisotopic (exact) mass is 465 g/mol. The Morgan fingerprint density at radius 3 is 2.97 bits per heavy atom. The first-order chi connectivity index (χ1) is 16.5. The Hall–Kier alpha value is -3.01. The van der Waals surface area contributed by atoms with E-state index in [4.69, 9.17) is 19.2 Å². The number of anilines is 1. The predicted molar refractivity (Wildman–Crippen MR) is 129 cm³/mol. The summed E-state index contributed by atoms with van der Waals surface area (Å²) in [5, 5.41) is 3.60. The molecule has 3 aromatic heterocycles. The van der Waals surface area contributed by atoms with Crippen LogP contribution in [0.5, 0.6) is 5.75 Å². The number of amides is 1. The van der Waals surface area contributed by atoms with Gasteiger partial charge in [-0.1, -0.05) is 0 Å². The SMILES string of the molecule is CN(C)CCCOc1cc(-c2cn(C)c3cnc(NC=O)cc23)nc2c1CCOC21CCOC1. The van der Waals surface area contributed by atoms with Crippen LogP contribution in [0.15, 0.2) is 24.5 Å². The predicted octanol–water partition coefficient (Wildman–Crippen LogP) is 2.72. The summed E-state index contributed by atoms with van der Waals surface area (Å²) in [6, 6.07) is 3.92. The zero-order chi connectivity index (χ0) is 23.7. The van der Waals surface area contributed by atoms with Gasteiger partial charge in [-0.15, -0.1) is 0 Å². The van der Waals surface area contributed by atoms with Crippen molar-refractivity contribution in [2.75, 3.05) is 52.4 Å². The number of aromatic nitrogens is 3. The van der Waals surface area contributed by atoms with Gasteiger partial charge >= 0.3 is 0 Å². The molecule has 180 valence electrons. The fourth-order valence-corrected chi connectivity index (χ4v) is 4.88. The Balaban J connectivity index is 1.62. The van der Waals surface area contributed by atoms with Crippen molar-refractivity contribution in [1.82, 2.24) is 19.4 Å². The van der Waals surface area contributed by atoms with E-state index in [0.29, 0.717) is 38.7 Å². The van der Waals surface area contributed by atoms with Crippen LogP contribution in [0.25, 0.3) is 22.2 Å². The number of carbonyl (C=O) groups is 1. The molecule has 0 aromatic carbocycles. The number of carbonyl (C=O) groups excluding carboxylic acids is 1. The third kappa shape index (κ3) is 4.15. The van der Waals surface area contributed by atoms with E-state index in [2.05, 4.69) is 29.3 Å². The summed E-state index contributed by atoms with van der Waals surface area (Å²) < 4.78 is 20.4. The van der Waals surface area contributed by atoms with E-state index in [-0.39, 0.29) is 0 Å². The highest BCUT2D eigenvalue weighted by Gasteiger charge is 2.44. The van der Waals surface area contributed by atoms with Crippen molar-refractivity contribution < 1.29 is 19.0 Å². The van der Waals surface area contributed by atoms with Crippen LogP contribution in [0, 0.1) is 0 Å². The number of rotatable bonds is 8. The first-order valence-electron chi connectivity index (χ1n) is 11.7. The maximum atomic E-state index is 11.0. The molecular weight excluding hydrogens is 434 g/mol. The summed E-state index contributed by atoms with van der Waals surface area (Å²) >= 11 is 0. The van der Waals surface area contributed by atoms with Gasteiger partial charge in [0.25, 0.3) is 0 Å². The molecule has 5 rings (SSSR count). The van der Waals surface area contributed by atoms with Gasteiger partial charge in [-0.2, -0.15) is 0 Å². The largest absolute Gasteiger partial charge is 0.493 e. The maximum Gasteiger partial charge on any atom is 0.212 e. The molecule has 3 aromatic rings. The lowest BCUT2D eigenvalue weighted by Gasteiger charge is -2.34. The number of nitrogens with zero attached hydrogens (tertiary/aromatic N) is 4. The van der Waals surface area contributed by atoms with E-state index in [1.54, 1.807) is 6.20 Å². The molecule has 5 heterocycles. The maximum absolute atomic E-state index is 11.0. The third-order valence-electron chi connectivity index (χ3n) is 6.60. The summed E-state index contributed by atoms with van der Waals surface area (Å²) in [4.78, 5) is 22.6. The fraction of sp³-hybridized carbons (Fsp3) is 0.480. The van der Waals surface area contributed by atoms with Gasteiger partial charge in [-0.3, -0.25) is 4.79 Å². The van der Waals surface area contributed by atoms with Crippen molar-refractivity contribution in [3.63, 3.8) is 0 Å². The van der Waals surface area contributed by atoms with Gasteiger partial charge in [0.1, 0.15) is 17.2 Å². The van der Waals surface area contributed by atoms with Gasteiger partial charge in [0.15, 0.2) is 0 Å². The zero-order valence-corrected chi connectivity index (χ0v) is 20.0. The van der Waals surface area contributed by atoms with E-state index >= 15 is 0 Å². The van der Waals surface area contributed by atoms with Gasteiger partial charge in [-0.25, -0.2) is 9.97 Å². The van der Waals surface area contributed by atoms with Crippen LogP contribution in [0.4, 0.5) is 5.82 Å². The zero-order valence-electron chi connectivity index (χ0n) is 20.0. The van der Waals surface area contributed by atoms with Crippen LogP contribution in [0.2, 0.25) is 0 Å². The molecule has 0 bridgehead atoms. The first-order valence-corrected chi connectivity index (χ1v) is 11.7. The highest BCUT2D eigenvalue weighted by Crippen LogP contribution is 2.44. The molecule has 2 aliphatic rings. The topological polar surface area (TPSA) is 90.7 Å². The number of aryl methyl sites for hydroxylation is 1. The second kappa shape index (κ2) is 9.32. The molecule has 0 radical (unpaired) electrons. The van der Waals surface area contributed by atoms with Crippen molar-refractivity contribution in [3.8, 4) is 17.0 Å². The summed E-state index contributed by atoms with van der Waals surface area (Å²) in [6.45, 7) is 3.38. The van der Waals surface area contributed by atoms with Crippen molar-refractivity contribution in [1.29, 1.82) is 0 Å². The molecule has 0 aliphatic carbocycles. The minimum absolute atomic E-state index is 0.497. The number of ether oxygens (including phenoxy) is 3. The molecule has 1 spiro atoms. The molecule has 1 amide bonds. The smallest absolute Gasteiger partial charge is 0.212 e. The third-order valence-corrected chi connectivity index (χ3v) is 6.60. The molecule has 1 saturated heterocycles. The second-order valence-corrected chi connectivity index (χ2v) is 9.24. The van der Waals surface area contributed by atoms with Gasteiger partial charge in [-0.05, 0) is 26.6 Å². The standard InChI is InChI=1S/C25H31N5O4/c1-29(2)7-4-8-33-22-12-20(28-24-17(22)5-9-34-25(24)6-10-32-15-25)19-14-30(3)21-13-26-23(27-16-31)11-18(19)21/h11-14,16H,4-10,15H2,1-3H3,(H,26,27,31). The number of hydrogen-bond acceptors (Lipinski definition) is 7. The molecule has 0 saturated carbocycles. The molecule has 1 N–H and O–H groups in total. The van der Waals surface area contributed by atoms with E-state index in [1.165, 1.54) is 0 Å². The lowest BCUT2D eigenvalue weighted by Crippen LogP contribution is -2.37.